The van der Waals surface area contributed by atoms with Gasteiger partial charge in [0.2, 0.25) is 0 Å². The summed E-state index contributed by atoms with van der Waals surface area (Å²) in [7, 11) is 0. The molecule has 2 unspecified atom stereocenters. The molecule has 0 saturated carbocycles. The van der Waals surface area contributed by atoms with Gasteiger partial charge in [-0.3, -0.25) is 10.2 Å². The zero-order valence-electron chi connectivity index (χ0n) is 8.74. The van der Waals surface area contributed by atoms with Gasteiger partial charge in [0, 0.05) is 13.1 Å². The highest BCUT2D eigenvalue weighted by Gasteiger charge is 2.49. The lowest BCUT2D eigenvalue weighted by molar-refractivity contribution is 0.0154. The fraction of sp³-hybridized carbons (Fsp3) is 0.889. The molecule has 14 heavy (non-hydrogen) atoms. The van der Waals surface area contributed by atoms with Gasteiger partial charge in [-0.05, 0) is 20.8 Å². The normalized spacial score (nSPS) is 30.9. The summed E-state index contributed by atoms with van der Waals surface area (Å²) < 4.78 is 10.5. The van der Waals surface area contributed by atoms with Crippen LogP contribution in [0.4, 0.5) is 4.79 Å². The Kier molecular flexibility index (Phi) is 2.16. The van der Waals surface area contributed by atoms with Gasteiger partial charge in [0.15, 0.2) is 12.5 Å². The van der Waals surface area contributed by atoms with Crippen molar-refractivity contribution in [3.05, 3.63) is 0 Å². The summed E-state index contributed by atoms with van der Waals surface area (Å²) in [6.07, 6.45) is -0.374. The van der Waals surface area contributed by atoms with Gasteiger partial charge in [-0.1, -0.05) is 0 Å². The summed E-state index contributed by atoms with van der Waals surface area (Å²) in [5.41, 5.74) is -0.438. The monoisotopic (exact) mass is 200 g/mol. The van der Waals surface area contributed by atoms with E-state index in [1.807, 2.05) is 20.8 Å². The fourth-order valence-electron chi connectivity index (χ4n) is 1.46. The van der Waals surface area contributed by atoms with Gasteiger partial charge >= 0.3 is 6.09 Å². The van der Waals surface area contributed by atoms with Crippen molar-refractivity contribution in [2.24, 2.45) is 0 Å². The number of fused-ring (bicyclic) bond motifs is 1. The number of amides is 1. The summed E-state index contributed by atoms with van der Waals surface area (Å²) in [4.78, 5) is 13.3. The van der Waals surface area contributed by atoms with Crippen LogP contribution < -0.4 is 5.32 Å². The Morgan fingerprint density at radius 1 is 1.57 bits per heavy atom. The minimum absolute atomic E-state index is 0.0243. The van der Waals surface area contributed by atoms with Gasteiger partial charge < -0.3 is 9.47 Å². The number of hydrogen-bond acceptors (Lipinski definition) is 4. The molecule has 1 N–H and O–H groups in total. The second-order valence-corrected chi connectivity index (χ2v) is 4.58. The standard InChI is InChI=1S/C9H16N2O3/c1-9(2,3)14-8(12)11-5-4-10-6-7(11)13-6/h6-7,10H,4-5H2,1-3H3. The number of nitrogens with one attached hydrogen (secondary N) is 1. The third kappa shape index (κ3) is 1.99. The quantitative estimate of drug-likeness (QED) is 0.579. The lowest BCUT2D eigenvalue weighted by Gasteiger charge is -2.28. The second kappa shape index (κ2) is 3.10. The molecule has 0 bridgehead atoms. The molecule has 0 aromatic rings. The highest BCUT2D eigenvalue weighted by atomic mass is 16.6. The average molecular weight is 200 g/mol. The Morgan fingerprint density at radius 2 is 2.29 bits per heavy atom. The number of rotatable bonds is 0. The van der Waals surface area contributed by atoms with Crippen LogP contribution in [-0.2, 0) is 9.47 Å². The van der Waals surface area contributed by atoms with Crippen LogP contribution in [0.3, 0.4) is 0 Å². The Bertz CT molecular complexity index is 249. The largest absolute Gasteiger partial charge is 0.444 e. The smallest absolute Gasteiger partial charge is 0.412 e. The molecule has 0 aliphatic carbocycles. The molecule has 2 rings (SSSR count). The zero-order chi connectivity index (χ0) is 10.3. The minimum atomic E-state index is -0.438. The van der Waals surface area contributed by atoms with Crippen molar-refractivity contribution in [3.63, 3.8) is 0 Å². The van der Waals surface area contributed by atoms with Crippen molar-refractivity contribution < 1.29 is 14.3 Å². The van der Waals surface area contributed by atoms with Crippen molar-refractivity contribution in [1.29, 1.82) is 0 Å². The molecule has 5 nitrogen and oxygen atoms in total. The van der Waals surface area contributed by atoms with Crippen molar-refractivity contribution in [2.45, 2.75) is 38.8 Å². The number of hydrogen-bond donors (Lipinski definition) is 1. The summed E-state index contributed by atoms with van der Waals surface area (Å²) in [6.45, 7) is 6.99. The molecule has 2 fully saturated rings. The van der Waals surface area contributed by atoms with Gasteiger partial charge in [-0.2, -0.15) is 0 Å². The molecule has 2 atom stereocenters. The maximum absolute atomic E-state index is 11.6. The maximum Gasteiger partial charge on any atom is 0.412 e. The summed E-state index contributed by atoms with van der Waals surface area (Å²) in [5.74, 6) is 0. The van der Waals surface area contributed by atoms with Crippen molar-refractivity contribution in [2.75, 3.05) is 13.1 Å². The summed E-state index contributed by atoms with van der Waals surface area (Å²) >= 11 is 0. The van der Waals surface area contributed by atoms with E-state index < -0.39 is 5.60 Å². The third-order valence-corrected chi connectivity index (χ3v) is 2.10. The van der Waals surface area contributed by atoms with Crippen LogP contribution in [0.15, 0.2) is 0 Å². The first-order valence-corrected chi connectivity index (χ1v) is 4.86. The number of piperazine rings is 1. The van der Waals surface area contributed by atoms with E-state index in [9.17, 15) is 4.79 Å². The van der Waals surface area contributed by atoms with E-state index in [4.69, 9.17) is 9.47 Å². The van der Waals surface area contributed by atoms with Gasteiger partial charge in [-0.25, -0.2) is 4.79 Å². The molecule has 0 spiro atoms. The third-order valence-electron chi connectivity index (χ3n) is 2.10. The highest BCUT2D eigenvalue weighted by molar-refractivity contribution is 5.69. The lowest BCUT2D eigenvalue weighted by atomic mass is 10.2. The van der Waals surface area contributed by atoms with Gasteiger partial charge in [0.1, 0.15) is 5.60 Å². The van der Waals surface area contributed by atoms with Crippen LogP contribution in [0.2, 0.25) is 0 Å². The summed E-state index contributed by atoms with van der Waals surface area (Å²) in [6, 6.07) is 0. The SMILES string of the molecule is CC(C)(C)OC(=O)N1CCNC2OC21. The van der Waals surface area contributed by atoms with Crippen molar-refractivity contribution in [1.82, 2.24) is 10.2 Å². The van der Waals surface area contributed by atoms with E-state index in [0.29, 0.717) is 6.54 Å². The fourth-order valence-corrected chi connectivity index (χ4v) is 1.46. The molecular weight excluding hydrogens is 184 g/mol. The van der Waals surface area contributed by atoms with Crippen LogP contribution in [0.25, 0.3) is 0 Å². The molecule has 2 aliphatic rings. The Labute approximate surface area is 83.3 Å². The van der Waals surface area contributed by atoms with Crippen molar-refractivity contribution >= 4 is 6.09 Å². The highest BCUT2D eigenvalue weighted by Crippen LogP contribution is 2.27. The maximum atomic E-state index is 11.6. The lowest BCUT2D eigenvalue weighted by Crippen LogP contribution is -2.48. The van der Waals surface area contributed by atoms with Crippen LogP contribution >= 0.6 is 0 Å². The predicted octanol–water partition coefficient (Wildman–Crippen LogP) is 0.509. The number of carbonyl (C=O) groups excluding carboxylic acids is 1. The molecule has 80 valence electrons. The summed E-state index contributed by atoms with van der Waals surface area (Å²) in [5, 5.41) is 3.13. The number of ether oxygens (including phenoxy) is 2. The average Bonchev–Trinajstić information content (AvgIpc) is 2.77. The predicted molar refractivity (Wildman–Crippen MR) is 49.6 cm³/mol. The molecule has 1 amide bonds. The first kappa shape index (κ1) is 9.73. The first-order chi connectivity index (χ1) is 6.47. The van der Waals surface area contributed by atoms with Gasteiger partial charge in [0.05, 0.1) is 0 Å². The van der Waals surface area contributed by atoms with E-state index >= 15 is 0 Å². The van der Waals surface area contributed by atoms with E-state index in [2.05, 4.69) is 5.32 Å². The van der Waals surface area contributed by atoms with E-state index in [-0.39, 0.29) is 18.5 Å². The van der Waals surface area contributed by atoms with Crippen LogP contribution in [-0.4, -0.2) is 42.1 Å². The molecule has 2 aliphatic heterocycles. The number of nitrogens with zero attached hydrogens (tertiary/aromatic N) is 1. The van der Waals surface area contributed by atoms with E-state index in [1.54, 1.807) is 4.90 Å². The van der Waals surface area contributed by atoms with E-state index in [1.165, 1.54) is 0 Å². The Morgan fingerprint density at radius 3 is 2.93 bits per heavy atom. The van der Waals surface area contributed by atoms with Crippen LogP contribution in [0.1, 0.15) is 20.8 Å². The van der Waals surface area contributed by atoms with Crippen molar-refractivity contribution in [3.8, 4) is 0 Å². The molecule has 5 heteroatoms. The zero-order valence-corrected chi connectivity index (χ0v) is 8.74. The molecular formula is C9H16N2O3. The molecule has 0 aromatic heterocycles. The number of carbonyl (C=O) groups is 1. The van der Waals surface area contributed by atoms with E-state index in [0.717, 1.165) is 6.54 Å². The molecule has 2 saturated heterocycles. The van der Waals surface area contributed by atoms with Crippen LogP contribution in [0.5, 0.6) is 0 Å². The first-order valence-electron chi connectivity index (χ1n) is 4.86. The van der Waals surface area contributed by atoms with Gasteiger partial charge in [-0.15, -0.1) is 0 Å². The molecule has 2 heterocycles. The molecule has 0 radical (unpaired) electrons. The Hall–Kier alpha value is -0.810. The minimum Gasteiger partial charge on any atom is -0.444 e. The number of epoxide rings is 1. The Balaban J connectivity index is 1.91. The second-order valence-electron chi connectivity index (χ2n) is 4.58. The van der Waals surface area contributed by atoms with Gasteiger partial charge in [0.25, 0.3) is 0 Å². The van der Waals surface area contributed by atoms with Crippen LogP contribution in [0, 0.1) is 0 Å². The topological polar surface area (TPSA) is 54.1 Å². The molecule has 0 aromatic carbocycles.